The Bertz CT molecular complexity index is 369. The monoisotopic (exact) mass is 253 g/mol. The maximum absolute atomic E-state index is 9.31. The van der Waals surface area contributed by atoms with Crippen LogP contribution in [0.5, 0.6) is 0 Å². The van der Waals surface area contributed by atoms with E-state index in [1.54, 1.807) is 0 Å². The van der Waals surface area contributed by atoms with Crippen LogP contribution in [-0.2, 0) is 0 Å². The lowest BCUT2D eigenvalue weighted by atomic mass is 10.0. The van der Waals surface area contributed by atoms with Gasteiger partial charge in [0, 0.05) is 23.7 Å². The van der Waals surface area contributed by atoms with E-state index < -0.39 is 0 Å². The summed E-state index contributed by atoms with van der Waals surface area (Å²) in [6, 6.07) is 8.60. The first-order chi connectivity index (χ1) is 8.22. The summed E-state index contributed by atoms with van der Waals surface area (Å²) in [6.45, 7) is 2.42. The SMILES string of the molecule is CC(NC1CCCC1CO)c1ccccc1Cl. The molecular formula is C14H20ClNO. The second-order valence-electron chi connectivity index (χ2n) is 4.89. The first-order valence-electron chi connectivity index (χ1n) is 6.33. The van der Waals surface area contributed by atoms with Gasteiger partial charge in [-0.2, -0.15) is 0 Å². The fourth-order valence-electron chi connectivity index (χ4n) is 2.71. The molecule has 0 spiro atoms. The van der Waals surface area contributed by atoms with Crippen molar-refractivity contribution in [3.8, 4) is 0 Å². The van der Waals surface area contributed by atoms with Crippen LogP contribution in [-0.4, -0.2) is 17.8 Å². The number of hydrogen-bond donors (Lipinski definition) is 2. The third kappa shape index (κ3) is 3.01. The van der Waals surface area contributed by atoms with Crippen LogP contribution in [0.15, 0.2) is 24.3 Å². The average Bonchev–Trinajstić information content (AvgIpc) is 2.76. The van der Waals surface area contributed by atoms with Crippen LogP contribution in [0.3, 0.4) is 0 Å². The zero-order valence-electron chi connectivity index (χ0n) is 10.2. The molecule has 3 heteroatoms. The minimum absolute atomic E-state index is 0.237. The minimum atomic E-state index is 0.237. The standard InChI is InChI=1S/C14H20ClNO/c1-10(12-6-2-3-7-13(12)15)16-14-8-4-5-11(14)9-17/h2-3,6-7,10-11,14,16-17H,4-5,8-9H2,1H3. The Hall–Kier alpha value is -0.570. The maximum atomic E-state index is 9.31. The Morgan fingerprint density at radius 3 is 2.88 bits per heavy atom. The van der Waals surface area contributed by atoms with Crippen molar-refractivity contribution in [1.29, 1.82) is 0 Å². The van der Waals surface area contributed by atoms with Crippen molar-refractivity contribution in [1.82, 2.24) is 5.32 Å². The molecule has 0 aliphatic heterocycles. The lowest BCUT2D eigenvalue weighted by Crippen LogP contribution is -2.35. The highest BCUT2D eigenvalue weighted by atomic mass is 35.5. The van der Waals surface area contributed by atoms with Crippen molar-refractivity contribution < 1.29 is 5.11 Å². The zero-order chi connectivity index (χ0) is 12.3. The Morgan fingerprint density at radius 1 is 1.41 bits per heavy atom. The quantitative estimate of drug-likeness (QED) is 0.864. The van der Waals surface area contributed by atoms with Crippen LogP contribution in [0.2, 0.25) is 5.02 Å². The molecule has 1 aliphatic carbocycles. The summed E-state index contributed by atoms with van der Waals surface area (Å²) in [4.78, 5) is 0. The van der Waals surface area contributed by atoms with E-state index in [4.69, 9.17) is 11.6 Å². The molecule has 0 amide bonds. The van der Waals surface area contributed by atoms with E-state index in [1.165, 1.54) is 6.42 Å². The summed E-state index contributed by atoms with van der Waals surface area (Å²) in [7, 11) is 0. The normalized spacial score (nSPS) is 26.1. The molecule has 1 aromatic rings. The van der Waals surface area contributed by atoms with Crippen LogP contribution in [0, 0.1) is 5.92 Å². The third-order valence-electron chi connectivity index (χ3n) is 3.73. The molecule has 2 nitrogen and oxygen atoms in total. The molecule has 2 rings (SSSR count). The van der Waals surface area contributed by atoms with Gasteiger partial charge in [-0.3, -0.25) is 0 Å². The fourth-order valence-corrected chi connectivity index (χ4v) is 3.01. The molecule has 3 unspecified atom stereocenters. The molecule has 1 aliphatic rings. The highest BCUT2D eigenvalue weighted by Crippen LogP contribution is 2.29. The average molecular weight is 254 g/mol. The Morgan fingerprint density at radius 2 is 2.18 bits per heavy atom. The second kappa shape index (κ2) is 5.85. The van der Waals surface area contributed by atoms with Crippen molar-refractivity contribution in [3.05, 3.63) is 34.9 Å². The van der Waals surface area contributed by atoms with Crippen molar-refractivity contribution in [3.63, 3.8) is 0 Å². The molecule has 0 radical (unpaired) electrons. The first kappa shape index (κ1) is 12.9. The third-order valence-corrected chi connectivity index (χ3v) is 4.07. The predicted octanol–water partition coefficient (Wildman–Crippen LogP) is 3.15. The van der Waals surface area contributed by atoms with Gasteiger partial charge in [0.25, 0.3) is 0 Å². The predicted molar refractivity (Wildman–Crippen MR) is 71.2 cm³/mol. The summed E-state index contributed by atoms with van der Waals surface area (Å²) in [6.07, 6.45) is 3.49. The van der Waals surface area contributed by atoms with Gasteiger partial charge >= 0.3 is 0 Å². The number of halogens is 1. The van der Waals surface area contributed by atoms with Crippen molar-refractivity contribution in [2.24, 2.45) is 5.92 Å². The van der Waals surface area contributed by atoms with Crippen LogP contribution in [0.1, 0.15) is 37.8 Å². The van der Waals surface area contributed by atoms with E-state index in [-0.39, 0.29) is 12.6 Å². The number of rotatable bonds is 4. The molecule has 17 heavy (non-hydrogen) atoms. The van der Waals surface area contributed by atoms with E-state index in [1.807, 2.05) is 18.2 Å². The number of hydrogen-bond acceptors (Lipinski definition) is 2. The summed E-state index contributed by atoms with van der Waals surface area (Å²) < 4.78 is 0. The van der Waals surface area contributed by atoms with Crippen molar-refractivity contribution >= 4 is 11.6 Å². The van der Waals surface area contributed by atoms with Gasteiger partial charge in [-0.15, -0.1) is 0 Å². The van der Waals surface area contributed by atoms with Crippen molar-refractivity contribution in [2.45, 2.75) is 38.3 Å². The molecule has 1 fully saturated rings. The molecule has 1 saturated carbocycles. The van der Waals surface area contributed by atoms with Gasteiger partial charge in [0.15, 0.2) is 0 Å². The number of aliphatic hydroxyl groups excluding tert-OH is 1. The topological polar surface area (TPSA) is 32.3 Å². The molecule has 1 aromatic carbocycles. The van der Waals surface area contributed by atoms with E-state index >= 15 is 0 Å². The largest absolute Gasteiger partial charge is 0.396 e. The molecule has 0 bridgehead atoms. The van der Waals surface area contributed by atoms with Gasteiger partial charge in [0.1, 0.15) is 0 Å². The van der Waals surface area contributed by atoms with Gasteiger partial charge in [-0.05, 0) is 37.3 Å². The lowest BCUT2D eigenvalue weighted by molar-refractivity contribution is 0.200. The maximum Gasteiger partial charge on any atom is 0.0474 e. The molecule has 3 atom stereocenters. The lowest BCUT2D eigenvalue weighted by Gasteiger charge is -2.24. The smallest absolute Gasteiger partial charge is 0.0474 e. The number of benzene rings is 1. The van der Waals surface area contributed by atoms with Crippen LogP contribution < -0.4 is 5.32 Å². The summed E-state index contributed by atoms with van der Waals surface area (Å²) in [5, 5.41) is 13.7. The van der Waals surface area contributed by atoms with Gasteiger partial charge in [-0.1, -0.05) is 36.2 Å². The highest BCUT2D eigenvalue weighted by molar-refractivity contribution is 6.31. The molecule has 0 saturated heterocycles. The first-order valence-corrected chi connectivity index (χ1v) is 6.71. The Labute approximate surface area is 108 Å². The van der Waals surface area contributed by atoms with Crippen LogP contribution >= 0.6 is 11.6 Å². The molecule has 2 N–H and O–H groups in total. The van der Waals surface area contributed by atoms with Gasteiger partial charge < -0.3 is 10.4 Å². The molecule has 94 valence electrons. The van der Waals surface area contributed by atoms with E-state index in [9.17, 15) is 5.11 Å². The summed E-state index contributed by atoms with van der Waals surface area (Å²) in [5.41, 5.74) is 1.14. The van der Waals surface area contributed by atoms with Gasteiger partial charge in [0.05, 0.1) is 0 Å². The van der Waals surface area contributed by atoms with E-state index in [2.05, 4.69) is 18.3 Å². The van der Waals surface area contributed by atoms with Gasteiger partial charge in [-0.25, -0.2) is 0 Å². The number of nitrogens with one attached hydrogen (secondary N) is 1. The molecule has 0 heterocycles. The number of aliphatic hydroxyl groups is 1. The Kier molecular flexibility index (Phi) is 4.43. The van der Waals surface area contributed by atoms with E-state index in [0.29, 0.717) is 12.0 Å². The van der Waals surface area contributed by atoms with Crippen LogP contribution in [0.25, 0.3) is 0 Å². The van der Waals surface area contributed by atoms with Gasteiger partial charge in [0.2, 0.25) is 0 Å². The fraction of sp³-hybridized carbons (Fsp3) is 0.571. The summed E-state index contributed by atoms with van der Waals surface area (Å²) >= 11 is 6.19. The Balaban J connectivity index is 2.01. The van der Waals surface area contributed by atoms with Crippen molar-refractivity contribution in [2.75, 3.05) is 6.61 Å². The second-order valence-corrected chi connectivity index (χ2v) is 5.30. The zero-order valence-corrected chi connectivity index (χ0v) is 11.0. The van der Waals surface area contributed by atoms with E-state index in [0.717, 1.165) is 23.4 Å². The summed E-state index contributed by atoms with van der Waals surface area (Å²) in [5.74, 6) is 0.403. The molecular weight excluding hydrogens is 234 g/mol. The highest BCUT2D eigenvalue weighted by Gasteiger charge is 2.27. The minimum Gasteiger partial charge on any atom is -0.396 e. The molecule has 0 aromatic heterocycles. The van der Waals surface area contributed by atoms with Crippen LogP contribution in [0.4, 0.5) is 0 Å².